The Labute approximate surface area is 121 Å². The van der Waals surface area contributed by atoms with Gasteiger partial charge in [0.1, 0.15) is 0 Å². The number of aliphatic hydroxyl groups excluding tert-OH is 2. The molecule has 0 radical (unpaired) electrons. The number of hydrogen-bond acceptors (Lipinski definition) is 5. The second-order valence-electron chi connectivity index (χ2n) is 5.20. The van der Waals surface area contributed by atoms with Crippen molar-refractivity contribution < 1.29 is 15.4 Å². The molecule has 2 aromatic carbocycles. The van der Waals surface area contributed by atoms with E-state index in [1.165, 1.54) is 0 Å². The molecule has 110 valence electrons. The minimum Gasteiger partial charge on any atom is -0.409 e. The van der Waals surface area contributed by atoms with Crippen LogP contribution in [0, 0.1) is 0 Å². The maximum Gasteiger partial charge on any atom is 0.170 e. The number of β-amino-alcohol motifs (C(OH)–C–C–N with tert-alkyl or cyclic N) is 2. The zero-order valence-electron chi connectivity index (χ0n) is 11.3. The van der Waals surface area contributed by atoms with Crippen LogP contribution >= 0.6 is 0 Å². The molecule has 2 aromatic rings. The molecule has 1 saturated heterocycles. The summed E-state index contributed by atoms with van der Waals surface area (Å²) in [5, 5.41) is 33.2. The zero-order chi connectivity index (χ0) is 15.0. The first-order valence-electron chi connectivity index (χ1n) is 6.72. The van der Waals surface area contributed by atoms with Gasteiger partial charge in [-0.1, -0.05) is 29.4 Å². The normalized spacial score (nSPS) is 23.0. The number of nitrogens with zero attached hydrogens (tertiary/aromatic N) is 2. The maximum absolute atomic E-state index is 9.72. The summed E-state index contributed by atoms with van der Waals surface area (Å²) in [5.41, 5.74) is 7.28. The topological polar surface area (TPSA) is 102 Å². The van der Waals surface area contributed by atoms with Gasteiger partial charge in [0.05, 0.1) is 12.2 Å². The molecule has 1 heterocycles. The van der Waals surface area contributed by atoms with E-state index in [0.29, 0.717) is 18.7 Å². The summed E-state index contributed by atoms with van der Waals surface area (Å²) in [6, 6.07) is 11.3. The third-order valence-corrected chi connectivity index (χ3v) is 3.88. The van der Waals surface area contributed by atoms with E-state index in [1.807, 2.05) is 35.2 Å². The van der Waals surface area contributed by atoms with Gasteiger partial charge in [-0.15, -0.1) is 0 Å². The van der Waals surface area contributed by atoms with E-state index in [2.05, 4.69) is 5.16 Å². The van der Waals surface area contributed by atoms with Crippen molar-refractivity contribution in [2.45, 2.75) is 12.2 Å². The molecule has 3 rings (SSSR count). The first-order valence-corrected chi connectivity index (χ1v) is 6.72. The molecular weight excluding hydrogens is 270 g/mol. The standard InChI is InChI=1S/C15H17N3O3/c16-15(17-21)11-5-6-12(10-4-2-1-3-9(10)11)18-7-13(19)14(20)8-18/h1-6,13-14,19-21H,7-8H2,(H2,16,17). The van der Waals surface area contributed by atoms with Crippen molar-refractivity contribution in [2.75, 3.05) is 18.0 Å². The van der Waals surface area contributed by atoms with Gasteiger partial charge in [-0.25, -0.2) is 0 Å². The monoisotopic (exact) mass is 287 g/mol. The number of fused-ring (bicyclic) bond motifs is 1. The maximum atomic E-state index is 9.72. The highest BCUT2D eigenvalue weighted by atomic mass is 16.4. The Kier molecular flexibility index (Phi) is 3.40. The molecule has 2 atom stereocenters. The smallest absolute Gasteiger partial charge is 0.170 e. The van der Waals surface area contributed by atoms with Crippen molar-refractivity contribution in [3.8, 4) is 0 Å². The third kappa shape index (κ3) is 2.28. The Morgan fingerprint density at radius 2 is 1.67 bits per heavy atom. The average Bonchev–Trinajstić information content (AvgIpc) is 2.84. The summed E-state index contributed by atoms with van der Waals surface area (Å²) in [6.45, 7) is 0.766. The van der Waals surface area contributed by atoms with Gasteiger partial charge in [0, 0.05) is 29.7 Å². The molecule has 0 amide bonds. The van der Waals surface area contributed by atoms with Crippen LogP contribution in [0.4, 0.5) is 5.69 Å². The second-order valence-corrected chi connectivity index (χ2v) is 5.20. The van der Waals surface area contributed by atoms with E-state index in [9.17, 15) is 10.2 Å². The molecule has 1 aliphatic rings. The molecular formula is C15H17N3O3. The van der Waals surface area contributed by atoms with E-state index in [0.717, 1.165) is 16.5 Å². The largest absolute Gasteiger partial charge is 0.409 e. The van der Waals surface area contributed by atoms with Gasteiger partial charge in [-0.2, -0.15) is 0 Å². The van der Waals surface area contributed by atoms with Crippen molar-refractivity contribution in [3.05, 3.63) is 42.0 Å². The number of hydrogen-bond donors (Lipinski definition) is 4. The van der Waals surface area contributed by atoms with Crippen LogP contribution in [0.25, 0.3) is 10.8 Å². The zero-order valence-corrected chi connectivity index (χ0v) is 11.3. The molecule has 0 saturated carbocycles. The Balaban J connectivity index is 2.14. The number of nitrogens with two attached hydrogens (primary N) is 1. The lowest BCUT2D eigenvalue weighted by molar-refractivity contribution is 0.0572. The van der Waals surface area contributed by atoms with Crippen LogP contribution in [0.3, 0.4) is 0 Å². The van der Waals surface area contributed by atoms with E-state index in [-0.39, 0.29) is 5.84 Å². The molecule has 0 bridgehead atoms. The second kappa shape index (κ2) is 5.23. The first kappa shape index (κ1) is 13.7. The summed E-state index contributed by atoms with van der Waals surface area (Å²) < 4.78 is 0. The summed E-state index contributed by atoms with van der Waals surface area (Å²) in [6.07, 6.45) is -1.49. The number of oxime groups is 1. The van der Waals surface area contributed by atoms with Crippen LogP contribution in [-0.4, -0.2) is 46.6 Å². The predicted molar refractivity (Wildman–Crippen MR) is 80.7 cm³/mol. The highest BCUT2D eigenvalue weighted by Gasteiger charge is 2.30. The Morgan fingerprint density at radius 3 is 2.29 bits per heavy atom. The predicted octanol–water partition coefficient (Wildman–Crippen LogP) is 0.476. The van der Waals surface area contributed by atoms with Crippen molar-refractivity contribution in [1.82, 2.24) is 0 Å². The number of aliphatic hydroxyl groups is 2. The fourth-order valence-electron chi connectivity index (χ4n) is 2.80. The molecule has 6 heteroatoms. The molecule has 1 aliphatic heterocycles. The molecule has 2 unspecified atom stereocenters. The van der Waals surface area contributed by atoms with Gasteiger partial charge >= 0.3 is 0 Å². The number of amidine groups is 1. The number of benzene rings is 2. The van der Waals surface area contributed by atoms with Crippen molar-refractivity contribution in [2.24, 2.45) is 10.9 Å². The minimum atomic E-state index is -0.743. The van der Waals surface area contributed by atoms with Gasteiger partial charge in [0.25, 0.3) is 0 Å². The number of rotatable bonds is 2. The fourth-order valence-corrected chi connectivity index (χ4v) is 2.80. The van der Waals surface area contributed by atoms with Gasteiger partial charge in [-0.05, 0) is 17.5 Å². The Bertz CT molecular complexity index is 692. The lowest BCUT2D eigenvalue weighted by Gasteiger charge is -2.21. The Hall–Kier alpha value is -2.31. The lowest BCUT2D eigenvalue weighted by atomic mass is 10.0. The lowest BCUT2D eigenvalue weighted by Crippen LogP contribution is -2.22. The third-order valence-electron chi connectivity index (χ3n) is 3.88. The van der Waals surface area contributed by atoms with Crippen molar-refractivity contribution in [1.29, 1.82) is 0 Å². The summed E-state index contributed by atoms with van der Waals surface area (Å²) in [7, 11) is 0. The van der Waals surface area contributed by atoms with E-state index in [4.69, 9.17) is 10.9 Å². The van der Waals surface area contributed by atoms with E-state index >= 15 is 0 Å². The van der Waals surface area contributed by atoms with Crippen LogP contribution in [0.15, 0.2) is 41.6 Å². The van der Waals surface area contributed by atoms with Gasteiger partial charge in [0.2, 0.25) is 0 Å². The molecule has 1 fully saturated rings. The molecule has 5 N–H and O–H groups in total. The minimum absolute atomic E-state index is 0.0549. The summed E-state index contributed by atoms with van der Waals surface area (Å²) >= 11 is 0. The summed E-state index contributed by atoms with van der Waals surface area (Å²) in [4.78, 5) is 1.94. The van der Waals surface area contributed by atoms with Crippen LogP contribution in [0.2, 0.25) is 0 Å². The van der Waals surface area contributed by atoms with Crippen LogP contribution < -0.4 is 10.6 Å². The van der Waals surface area contributed by atoms with Crippen LogP contribution in [0.5, 0.6) is 0 Å². The van der Waals surface area contributed by atoms with Gasteiger partial charge in [0.15, 0.2) is 5.84 Å². The highest BCUT2D eigenvalue weighted by molar-refractivity contribution is 6.11. The summed E-state index contributed by atoms with van der Waals surface area (Å²) in [5.74, 6) is 0.0549. The molecule has 6 nitrogen and oxygen atoms in total. The van der Waals surface area contributed by atoms with Crippen LogP contribution in [0.1, 0.15) is 5.56 Å². The van der Waals surface area contributed by atoms with E-state index < -0.39 is 12.2 Å². The molecule has 21 heavy (non-hydrogen) atoms. The van der Waals surface area contributed by atoms with Gasteiger partial charge in [-0.3, -0.25) is 0 Å². The SMILES string of the molecule is N/C(=N/O)c1ccc(N2CC(O)C(O)C2)c2ccccc12. The highest BCUT2D eigenvalue weighted by Crippen LogP contribution is 2.31. The van der Waals surface area contributed by atoms with Gasteiger partial charge < -0.3 is 26.1 Å². The van der Waals surface area contributed by atoms with Crippen LogP contribution in [-0.2, 0) is 0 Å². The fraction of sp³-hybridized carbons (Fsp3) is 0.267. The average molecular weight is 287 g/mol. The molecule has 0 spiro atoms. The molecule has 0 aliphatic carbocycles. The van der Waals surface area contributed by atoms with Crippen molar-refractivity contribution >= 4 is 22.3 Å². The Morgan fingerprint density at radius 1 is 1.05 bits per heavy atom. The quantitative estimate of drug-likeness (QED) is 0.278. The van der Waals surface area contributed by atoms with E-state index in [1.54, 1.807) is 6.07 Å². The molecule has 0 aromatic heterocycles. The van der Waals surface area contributed by atoms with Crippen molar-refractivity contribution in [3.63, 3.8) is 0 Å². The first-order chi connectivity index (χ1) is 10.1. The number of anilines is 1.